The largest absolute Gasteiger partial charge is 0.387 e. The monoisotopic (exact) mass is 275 g/mol. The van der Waals surface area contributed by atoms with Crippen LogP contribution in [0.5, 0.6) is 0 Å². The van der Waals surface area contributed by atoms with E-state index in [2.05, 4.69) is 15.3 Å². The van der Waals surface area contributed by atoms with Crippen LogP contribution in [0.1, 0.15) is 23.2 Å². The Kier molecular flexibility index (Phi) is 3.86. The predicted molar refractivity (Wildman–Crippen MR) is 75.3 cm³/mol. The van der Waals surface area contributed by atoms with Crippen molar-refractivity contribution in [2.24, 2.45) is 5.73 Å². The van der Waals surface area contributed by atoms with Crippen molar-refractivity contribution in [3.05, 3.63) is 42.2 Å². The van der Waals surface area contributed by atoms with Gasteiger partial charge in [-0.3, -0.25) is 14.3 Å². The third-order valence-corrected chi connectivity index (χ3v) is 2.64. The molecule has 0 spiro atoms. The van der Waals surface area contributed by atoms with Crippen LogP contribution in [-0.2, 0) is 0 Å². The number of aromatic nitrogens is 3. The van der Waals surface area contributed by atoms with Crippen LogP contribution in [-0.4, -0.2) is 32.0 Å². The molecule has 2 rings (SSSR count). The summed E-state index contributed by atoms with van der Waals surface area (Å²) in [6.45, 7) is 2.40. The van der Waals surface area contributed by atoms with Crippen LogP contribution >= 0.6 is 12.2 Å². The van der Waals surface area contributed by atoms with Crippen LogP contribution in [0.25, 0.3) is 5.69 Å². The fourth-order valence-electron chi connectivity index (χ4n) is 1.64. The second kappa shape index (κ2) is 5.57. The van der Waals surface area contributed by atoms with Gasteiger partial charge in [0, 0.05) is 25.1 Å². The summed E-state index contributed by atoms with van der Waals surface area (Å²) in [4.78, 5) is 20.0. The summed E-state index contributed by atoms with van der Waals surface area (Å²) in [6, 6.07) is 3.42. The molecule has 2 aromatic rings. The van der Waals surface area contributed by atoms with Crippen molar-refractivity contribution in [3.8, 4) is 5.69 Å². The number of nitrogens with two attached hydrogens (primary N) is 1. The van der Waals surface area contributed by atoms with Crippen LogP contribution in [0.15, 0.2) is 30.7 Å². The first-order chi connectivity index (χ1) is 9.13. The maximum atomic E-state index is 11.7. The Labute approximate surface area is 115 Å². The number of carbonyl (C=O) groups excluding carboxylic acids is 1. The molecule has 0 radical (unpaired) electrons. The summed E-state index contributed by atoms with van der Waals surface area (Å²) in [5.41, 5.74) is 6.66. The fraction of sp³-hybridized carbons (Fsp3) is 0.167. The number of thiocarbonyl (C=S) groups is 1. The van der Waals surface area contributed by atoms with Gasteiger partial charge in [0.1, 0.15) is 10.7 Å². The minimum atomic E-state index is -0.221. The van der Waals surface area contributed by atoms with E-state index in [1.807, 2.05) is 6.92 Å². The average Bonchev–Trinajstić information content (AvgIpc) is 2.88. The van der Waals surface area contributed by atoms with Crippen molar-refractivity contribution >= 4 is 23.1 Å². The lowest BCUT2D eigenvalue weighted by atomic mass is 10.3. The topological polar surface area (TPSA) is 85.8 Å². The molecule has 0 aliphatic heterocycles. The number of hydrogen-bond acceptors (Lipinski definition) is 4. The number of imidazole rings is 1. The maximum absolute atomic E-state index is 11.7. The van der Waals surface area contributed by atoms with E-state index in [1.165, 1.54) is 0 Å². The number of hydrogen-bond donors (Lipinski definition) is 2. The zero-order valence-electron chi connectivity index (χ0n) is 10.3. The number of carbonyl (C=O) groups is 1. The quantitative estimate of drug-likeness (QED) is 0.800. The fourth-order valence-corrected chi connectivity index (χ4v) is 1.79. The van der Waals surface area contributed by atoms with Gasteiger partial charge in [-0.05, 0) is 19.1 Å². The van der Waals surface area contributed by atoms with Crippen molar-refractivity contribution in [3.63, 3.8) is 0 Å². The van der Waals surface area contributed by atoms with E-state index in [0.29, 0.717) is 18.1 Å². The number of nitrogens with one attached hydrogen (secondary N) is 1. The molecule has 2 heterocycles. The van der Waals surface area contributed by atoms with Gasteiger partial charge in [-0.15, -0.1) is 0 Å². The van der Waals surface area contributed by atoms with Gasteiger partial charge in [-0.1, -0.05) is 12.2 Å². The second-order valence-electron chi connectivity index (χ2n) is 3.74. The highest BCUT2D eigenvalue weighted by molar-refractivity contribution is 7.80. The van der Waals surface area contributed by atoms with E-state index >= 15 is 0 Å². The molecule has 0 aliphatic rings. The lowest BCUT2D eigenvalue weighted by Crippen LogP contribution is -2.24. The van der Waals surface area contributed by atoms with Gasteiger partial charge in [-0.2, -0.15) is 0 Å². The van der Waals surface area contributed by atoms with Crippen LogP contribution in [0.4, 0.5) is 0 Å². The number of amides is 1. The summed E-state index contributed by atoms with van der Waals surface area (Å²) in [7, 11) is 0. The maximum Gasteiger partial charge on any atom is 0.269 e. The van der Waals surface area contributed by atoms with Crippen molar-refractivity contribution < 1.29 is 4.79 Å². The summed E-state index contributed by atoms with van der Waals surface area (Å²) in [5, 5.41) is 2.69. The van der Waals surface area contributed by atoms with Crippen LogP contribution in [0, 0.1) is 0 Å². The van der Waals surface area contributed by atoms with E-state index < -0.39 is 0 Å². The van der Waals surface area contributed by atoms with Crippen molar-refractivity contribution in [2.45, 2.75) is 6.92 Å². The highest BCUT2D eigenvalue weighted by Gasteiger charge is 2.11. The molecule has 0 unspecified atom stereocenters. The first-order valence-corrected chi connectivity index (χ1v) is 6.12. The van der Waals surface area contributed by atoms with Crippen molar-refractivity contribution in [1.82, 2.24) is 19.9 Å². The van der Waals surface area contributed by atoms with Gasteiger partial charge in [0.25, 0.3) is 5.91 Å². The van der Waals surface area contributed by atoms with E-state index in [4.69, 9.17) is 18.0 Å². The Morgan fingerprint density at radius 1 is 1.47 bits per heavy atom. The second-order valence-corrected chi connectivity index (χ2v) is 4.18. The van der Waals surface area contributed by atoms with Gasteiger partial charge in [0.05, 0.1) is 5.69 Å². The summed E-state index contributed by atoms with van der Waals surface area (Å²) in [6.07, 6.45) is 4.88. The number of pyridine rings is 1. The zero-order chi connectivity index (χ0) is 13.8. The molecule has 0 saturated heterocycles. The molecule has 0 bridgehead atoms. The molecule has 19 heavy (non-hydrogen) atoms. The summed E-state index contributed by atoms with van der Waals surface area (Å²) < 4.78 is 1.72. The smallest absolute Gasteiger partial charge is 0.269 e. The Bertz CT molecular complexity index is 622. The Morgan fingerprint density at radius 3 is 2.95 bits per heavy atom. The van der Waals surface area contributed by atoms with E-state index in [9.17, 15) is 4.79 Å². The number of nitrogens with zero attached hydrogens (tertiary/aromatic N) is 3. The molecule has 6 nitrogen and oxygen atoms in total. The molecular formula is C12H13N5OS. The molecular weight excluding hydrogens is 262 g/mol. The molecule has 7 heteroatoms. The summed E-state index contributed by atoms with van der Waals surface area (Å²) in [5.74, 6) is 0.254. The number of rotatable bonds is 4. The third kappa shape index (κ3) is 2.76. The Morgan fingerprint density at radius 2 is 2.26 bits per heavy atom. The molecule has 0 aromatic carbocycles. The molecule has 1 amide bonds. The van der Waals surface area contributed by atoms with Gasteiger partial charge < -0.3 is 11.1 Å². The average molecular weight is 275 g/mol. The normalized spacial score (nSPS) is 10.2. The molecule has 98 valence electrons. The molecule has 2 aromatic heterocycles. The van der Waals surface area contributed by atoms with E-state index in [1.54, 1.807) is 35.3 Å². The van der Waals surface area contributed by atoms with Gasteiger partial charge >= 0.3 is 0 Å². The van der Waals surface area contributed by atoms with E-state index in [0.717, 1.165) is 5.69 Å². The lowest BCUT2D eigenvalue weighted by molar-refractivity contribution is 0.0951. The van der Waals surface area contributed by atoms with Gasteiger partial charge in [0.15, 0.2) is 5.82 Å². The highest BCUT2D eigenvalue weighted by Crippen LogP contribution is 2.11. The van der Waals surface area contributed by atoms with Crippen molar-refractivity contribution in [1.29, 1.82) is 0 Å². The SMILES string of the molecule is CCNC(=O)c1cc(-n2ccnc2C(N)=S)ccn1. The molecule has 0 atom stereocenters. The third-order valence-electron chi connectivity index (χ3n) is 2.45. The van der Waals surface area contributed by atoms with E-state index in [-0.39, 0.29) is 10.9 Å². The predicted octanol–water partition coefficient (Wildman–Crippen LogP) is 0.651. The van der Waals surface area contributed by atoms with Crippen LogP contribution < -0.4 is 11.1 Å². The molecule has 0 saturated carbocycles. The summed E-state index contributed by atoms with van der Waals surface area (Å²) >= 11 is 4.93. The van der Waals surface area contributed by atoms with Crippen LogP contribution in [0.3, 0.4) is 0 Å². The Hall–Kier alpha value is -2.28. The molecule has 0 fully saturated rings. The minimum absolute atomic E-state index is 0.196. The van der Waals surface area contributed by atoms with Gasteiger partial charge in [-0.25, -0.2) is 4.98 Å². The van der Waals surface area contributed by atoms with Crippen LogP contribution in [0.2, 0.25) is 0 Å². The van der Waals surface area contributed by atoms with Gasteiger partial charge in [0.2, 0.25) is 0 Å². The highest BCUT2D eigenvalue weighted by atomic mass is 32.1. The Balaban J connectivity index is 2.41. The van der Waals surface area contributed by atoms with Crippen molar-refractivity contribution in [2.75, 3.05) is 6.54 Å². The minimum Gasteiger partial charge on any atom is -0.387 e. The molecule has 0 aliphatic carbocycles. The lowest BCUT2D eigenvalue weighted by Gasteiger charge is -2.08. The first-order valence-electron chi connectivity index (χ1n) is 5.71. The molecule has 3 N–H and O–H groups in total. The standard InChI is InChI=1S/C12H13N5OS/c1-2-14-12(18)9-7-8(3-4-15-9)17-6-5-16-11(17)10(13)19/h3-7H,2H2,1H3,(H2,13,19)(H,14,18). The first kappa shape index (κ1) is 13.2. The zero-order valence-corrected chi connectivity index (χ0v) is 11.1.